The number of rotatable bonds is 24. The van der Waals surface area contributed by atoms with Gasteiger partial charge in [-0.3, -0.25) is 19.2 Å². The molecule has 9 aromatic heterocycles. The van der Waals surface area contributed by atoms with Gasteiger partial charge in [0.05, 0.1) is 43.3 Å². The van der Waals surface area contributed by atoms with Gasteiger partial charge >= 0.3 is 0 Å². The second-order valence-electron chi connectivity index (χ2n) is 30.9. The number of benzene rings is 3. The van der Waals surface area contributed by atoms with Gasteiger partial charge in [-0.15, -0.1) is 19.7 Å². The van der Waals surface area contributed by atoms with E-state index in [1.165, 1.54) is 60.0 Å². The first kappa shape index (κ1) is 77.4. The van der Waals surface area contributed by atoms with E-state index in [2.05, 4.69) is 134 Å². The molecule has 3 unspecified atom stereocenters. The Morgan fingerprint density at radius 3 is 1.13 bits per heavy atom. The van der Waals surface area contributed by atoms with Crippen LogP contribution in [0.4, 0.5) is 34.9 Å². The molecule has 0 saturated carbocycles. The highest BCUT2D eigenvalue weighted by Gasteiger charge is 2.30. The average Bonchev–Trinajstić information content (AvgIpc) is 1.62. The van der Waals surface area contributed by atoms with Crippen molar-refractivity contribution in [2.75, 3.05) is 50.7 Å². The van der Waals surface area contributed by atoms with E-state index < -0.39 is 16.8 Å². The predicted octanol–water partition coefficient (Wildman–Crippen LogP) is 10.8. The zero-order chi connectivity index (χ0) is 79.0. The molecular weight excluding hydrogens is 1400 g/mol. The first-order valence-electron chi connectivity index (χ1n) is 37.4. The van der Waals surface area contributed by atoms with E-state index in [0.717, 1.165) is 55.6 Å². The Labute approximate surface area is 643 Å². The number of pyridine rings is 3. The van der Waals surface area contributed by atoms with Crippen molar-refractivity contribution in [2.45, 2.75) is 142 Å². The molecule has 9 heterocycles. The van der Waals surface area contributed by atoms with Crippen molar-refractivity contribution in [3.8, 4) is 17.5 Å². The first-order chi connectivity index (χ1) is 53.0. The number of nitrogens with zero attached hydrogens (tertiary/aromatic N) is 17. The van der Waals surface area contributed by atoms with Crippen molar-refractivity contribution in [2.24, 2.45) is 11.8 Å². The van der Waals surface area contributed by atoms with Gasteiger partial charge in [-0.1, -0.05) is 68.0 Å². The van der Waals surface area contributed by atoms with Gasteiger partial charge in [-0.2, -0.15) is 15.0 Å². The van der Waals surface area contributed by atoms with Gasteiger partial charge in [0, 0.05) is 48.1 Å². The zero-order valence-corrected chi connectivity index (χ0v) is 64.8. The van der Waals surface area contributed by atoms with Gasteiger partial charge in [-0.05, 0) is 226 Å². The van der Waals surface area contributed by atoms with Crippen LogP contribution in [0.2, 0.25) is 0 Å². The normalized spacial score (nSPS) is 15.3. The third-order valence-corrected chi connectivity index (χ3v) is 20.3. The first-order valence-corrected chi connectivity index (χ1v) is 37.4. The molecule has 0 amide bonds. The van der Waals surface area contributed by atoms with Crippen LogP contribution in [0.1, 0.15) is 112 Å². The molecule has 111 heavy (non-hydrogen) atoms. The number of carbonyl (C=O) groups excluding carboxylic acids is 1. The Hall–Kier alpha value is -11.8. The Kier molecular flexibility index (Phi) is 22.1. The molecule has 3 atom stereocenters. The number of ketones is 1. The lowest BCUT2D eigenvalue weighted by Gasteiger charge is -2.18. The summed E-state index contributed by atoms with van der Waals surface area (Å²) in [6.07, 6.45) is 17.3. The van der Waals surface area contributed by atoms with Crippen LogP contribution in [0, 0.1) is 11.8 Å². The van der Waals surface area contributed by atoms with Crippen LogP contribution in [-0.2, 0) is 79.8 Å². The molecule has 0 saturated heterocycles. The van der Waals surface area contributed by atoms with Crippen LogP contribution in [0.5, 0.6) is 0 Å². The number of fused-ring (bicyclic) bond motifs is 6. The van der Waals surface area contributed by atoms with Crippen LogP contribution < -0.4 is 32.6 Å². The molecule has 574 valence electrons. The third kappa shape index (κ3) is 16.7. The third-order valence-electron chi connectivity index (χ3n) is 20.3. The number of aromatic nitrogens is 15. The molecule has 12 aromatic rings. The average molecular weight is 1500 g/mol. The summed E-state index contributed by atoms with van der Waals surface area (Å²) in [4.78, 5) is 97.4. The zero-order valence-electron chi connectivity index (χ0n) is 64.8. The fourth-order valence-electron chi connectivity index (χ4n) is 14.6. The summed E-state index contributed by atoms with van der Waals surface area (Å²) in [6, 6.07) is 35.4. The van der Waals surface area contributed by atoms with Crippen LogP contribution in [0.3, 0.4) is 0 Å². The summed E-state index contributed by atoms with van der Waals surface area (Å²) in [5.74, 6) is 3.80. The monoisotopic (exact) mass is 1500 g/mol. The van der Waals surface area contributed by atoms with Crippen LogP contribution in [0.25, 0.3) is 50.6 Å². The lowest BCUT2D eigenvalue weighted by Crippen LogP contribution is -2.27. The molecule has 3 aliphatic rings. The minimum Gasteiger partial charge on any atom is -0.384 e. The topological polar surface area (TPSA) is 317 Å². The van der Waals surface area contributed by atoms with E-state index in [-0.39, 0.29) is 42.1 Å². The molecule has 0 bridgehead atoms. The van der Waals surface area contributed by atoms with Gasteiger partial charge in [0.25, 0.3) is 16.7 Å². The molecule has 27 nitrogen and oxygen atoms in total. The highest BCUT2D eigenvalue weighted by atomic mass is 16.3. The quantitative estimate of drug-likeness (QED) is 0.0306. The fraction of sp³-hybridized carbons (Fsp3) is 0.345. The number of likely N-dealkylation sites (N-methyl/N-ethyl adjacent to an activating group) is 2. The van der Waals surface area contributed by atoms with Crippen molar-refractivity contribution in [3.63, 3.8) is 0 Å². The maximum atomic E-state index is 13.2. The van der Waals surface area contributed by atoms with Crippen LogP contribution >= 0.6 is 0 Å². The lowest BCUT2D eigenvalue weighted by molar-refractivity contribution is -0.120. The second-order valence-corrected chi connectivity index (χ2v) is 30.9. The van der Waals surface area contributed by atoms with E-state index >= 15 is 0 Å². The largest absolute Gasteiger partial charge is 0.384 e. The number of aliphatic hydroxyl groups is 3. The molecule has 15 rings (SSSR count). The molecule has 3 aliphatic carbocycles. The molecule has 6 N–H and O–H groups in total. The van der Waals surface area contributed by atoms with Crippen molar-refractivity contribution in [1.82, 2.24) is 82.7 Å². The summed E-state index contributed by atoms with van der Waals surface area (Å²) < 4.78 is 9.50. The van der Waals surface area contributed by atoms with Crippen molar-refractivity contribution >= 4 is 73.8 Å². The van der Waals surface area contributed by atoms with Gasteiger partial charge < -0.3 is 41.1 Å². The molecule has 0 spiro atoms. The van der Waals surface area contributed by atoms with Crippen LogP contribution in [0.15, 0.2) is 180 Å². The number of carbonyl (C=O) groups is 1. The summed E-state index contributed by atoms with van der Waals surface area (Å²) >= 11 is 0. The molecule has 0 fully saturated rings. The lowest BCUT2D eigenvalue weighted by atomic mass is 9.99. The smallest absolute Gasteiger partial charge is 0.278 e. The van der Waals surface area contributed by atoms with Gasteiger partial charge in [-0.25, -0.2) is 58.0 Å². The minimum atomic E-state index is -1.16. The summed E-state index contributed by atoms with van der Waals surface area (Å²) in [7, 11) is 8.05. The summed E-state index contributed by atoms with van der Waals surface area (Å²) in [5, 5.41) is 42.5. The predicted molar refractivity (Wildman–Crippen MR) is 433 cm³/mol. The molecule has 3 aromatic carbocycles. The molecule has 0 radical (unpaired) electrons. The van der Waals surface area contributed by atoms with Crippen molar-refractivity contribution < 1.29 is 20.1 Å². The van der Waals surface area contributed by atoms with Crippen molar-refractivity contribution in [1.29, 1.82) is 0 Å². The maximum absolute atomic E-state index is 13.2. The number of nitrogens with one attached hydrogen (secondary N) is 3. The summed E-state index contributed by atoms with van der Waals surface area (Å²) in [6.45, 7) is 24.9. The van der Waals surface area contributed by atoms with Crippen LogP contribution in [-0.4, -0.2) is 145 Å². The Morgan fingerprint density at radius 1 is 0.468 bits per heavy atom. The van der Waals surface area contributed by atoms with E-state index in [4.69, 9.17) is 15.0 Å². The number of Topliss-reactive ketones (excluding diaryl/α,β-unsaturated/α-hetero) is 1. The fourth-order valence-corrected chi connectivity index (χ4v) is 14.6. The van der Waals surface area contributed by atoms with Crippen molar-refractivity contribution in [3.05, 3.63) is 247 Å². The number of hydrogen-bond donors (Lipinski definition) is 6. The Balaban J connectivity index is 0.000000146. The van der Waals surface area contributed by atoms with Gasteiger partial charge in [0.1, 0.15) is 38.7 Å². The minimum absolute atomic E-state index is 0.231. The molecule has 27 heteroatoms. The molecule has 0 aliphatic heterocycles. The van der Waals surface area contributed by atoms with Gasteiger partial charge in [0.15, 0.2) is 34.4 Å². The van der Waals surface area contributed by atoms with E-state index in [1.54, 1.807) is 141 Å². The van der Waals surface area contributed by atoms with E-state index in [9.17, 15) is 34.5 Å². The molecular formula is C84H96N20O7. The second kappa shape index (κ2) is 31.7. The Bertz CT molecular complexity index is 5740. The number of hydrogen-bond acceptors (Lipinski definition) is 21. The SMILES string of the molecule is C=CCn1c(=O)c2cnc(Nc3ccc4c(c3)CC(CC(=O)CN(C)C)C4)nc2n1-c1cccc(C(C)(C)O)n1.C=CCn1c(=O)c2cnc(Nc3ccc4c(c3)CC(CC)C4)nc2n1-c1cccc(C(C)(C)O)n1.C=CCn1c(=O)c2cnc(Nc3ccc4c(c3)CC(N(C)C)C4)nc2n1-c1cccc(C(C)(C)O)n1. The standard InChI is InChI=1S/C30H35N7O3.C27H31N7O2.C27H30N6O2/c1-6-12-36-28(39)24-17-31-29(34-27(24)37(36)26-9-7-8-25(33-26)30(2,3)40)32-22-11-10-20-13-19(14-21(20)16-22)15-23(38)18-35(4)5;1-6-12-33-25(35)21-16-28-26(29-19-11-10-17-14-20(32(4)5)15-18(17)13-19)31-24(21)34(33)23-9-7-8-22(30-23)27(2,3)36;1-5-12-32-25(34)21-16-28-26(29-20-11-10-18-13-17(6-2)14-19(18)15-20)31-24(21)33(32)23-9-7-8-22(30-23)27(3,4)35/h6-11,16-17,19,40H,1,12-15,18H2,2-5H3,(H,31,32,34);6-11,13,16,20,36H,1,12,14-15H2,2-5H3,(H,28,29,31);5,7-11,15-17,35H,1,6,12-14H2,2-4H3,(H,28,29,31). The van der Waals surface area contributed by atoms with E-state index in [1.807, 2.05) is 31.1 Å². The maximum Gasteiger partial charge on any atom is 0.278 e. The highest BCUT2D eigenvalue weighted by molar-refractivity contribution is 5.81. The van der Waals surface area contributed by atoms with E-state index in [0.29, 0.717) is 116 Å². The number of anilines is 6. The highest BCUT2D eigenvalue weighted by Crippen LogP contribution is 2.35. The van der Waals surface area contributed by atoms with Gasteiger partial charge in [0.2, 0.25) is 17.8 Å². The number of allylic oxidation sites excluding steroid dienone is 3. The summed E-state index contributed by atoms with van der Waals surface area (Å²) in [5.41, 5.74) is 9.14. The Morgan fingerprint density at radius 2 is 0.793 bits per heavy atom.